The van der Waals surface area contributed by atoms with Crippen molar-refractivity contribution in [1.82, 2.24) is 5.32 Å². The molecule has 1 rings (SSSR count). The van der Waals surface area contributed by atoms with Gasteiger partial charge in [0, 0.05) is 13.7 Å². The highest BCUT2D eigenvalue weighted by molar-refractivity contribution is 5.27. The van der Waals surface area contributed by atoms with Crippen LogP contribution in [0, 0.1) is 5.92 Å². The Labute approximate surface area is 104 Å². The van der Waals surface area contributed by atoms with Crippen LogP contribution in [0.3, 0.4) is 0 Å². The highest BCUT2D eigenvalue weighted by Gasteiger charge is 2.02. The van der Waals surface area contributed by atoms with Gasteiger partial charge in [0.25, 0.3) is 0 Å². The van der Waals surface area contributed by atoms with Crippen LogP contribution in [0.5, 0.6) is 5.75 Å². The smallest absolute Gasteiger partial charge is 0.115 e. The Hall–Kier alpha value is -1.06. The molecule has 1 unspecified atom stereocenters. The van der Waals surface area contributed by atoms with Gasteiger partial charge in [0.1, 0.15) is 5.75 Å². The van der Waals surface area contributed by atoms with E-state index in [1.54, 1.807) is 13.2 Å². The van der Waals surface area contributed by atoms with Crippen LogP contribution in [0.25, 0.3) is 0 Å². The Morgan fingerprint density at radius 3 is 2.94 bits per heavy atom. The monoisotopic (exact) mass is 237 g/mol. The Bertz CT molecular complexity index is 315. The van der Waals surface area contributed by atoms with E-state index in [1.165, 1.54) is 5.56 Å². The van der Waals surface area contributed by atoms with E-state index >= 15 is 0 Å². The molecule has 1 aromatic rings. The molecule has 2 N–H and O–H groups in total. The molecule has 0 aromatic heterocycles. The van der Waals surface area contributed by atoms with Gasteiger partial charge >= 0.3 is 0 Å². The van der Waals surface area contributed by atoms with Gasteiger partial charge < -0.3 is 15.2 Å². The maximum absolute atomic E-state index is 9.35. The second-order valence-electron chi connectivity index (χ2n) is 4.51. The summed E-state index contributed by atoms with van der Waals surface area (Å²) in [5, 5.41) is 12.7. The minimum absolute atomic E-state index is 0.355. The number of aromatic hydroxyl groups is 1. The first kappa shape index (κ1) is 14.0. The zero-order valence-corrected chi connectivity index (χ0v) is 10.8. The van der Waals surface area contributed by atoms with E-state index in [-0.39, 0.29) is 0 Å². The Kier molecular flexibility index (Phi) is 6.67. The van der Waals surface area contributed by atoms with Gasteiger partial charge in [-0.3, -0.25) is 0 Å². The second kappa shape index (κ2) is 8.09. The zero-order valence-electron chi connectivity index (χ0n) is 10.8. The molecule has 0 aliphatic heterocycles. The molecule has 0 aliphatic rings. The number of hydrogen-bond donors (Lipinski definition) is 2. The lowest BCUT2D eigenvalue weighted by molar-refractivity contribution is 0.198. The minimum Gasteiger partial charge on any atom is -0.508 e. The molecule has 0 saturated heterocycles. The molecule has 0 heterocycles. The highest BCUT2D eigenvalue weighted by Crippen LogP contribution is 2.14. The van der Waals surface area contributed by atoms with Crippen molar-refractivity contribution in [2.24, 2.45) is 5.92 Å². The van der Waals surface area contributed by atoms with Gasteiger partial charge in [0.2, 0.25) is 0 Å². The van der Waals surface area contributed by atoms with Crippen LogP contribution in [0.1, 0.15) is 18.9 Å². The van der Waals surface area contributed by atoms with E-state index in [9.17, 15) is 5.11 Å². The van der Waals surface area contributed by atoms with Crippen LogP contribution in [0.15, 0.2) is 24.3 Å². The van der Waals surface area contributed by atoms with Crippen molar-refractivity contribution in [3.05, 3.63) is 29.8 Å². The van der Waals surface area contributed by atoms with Crippen molar-refractivity contribution < 1.29 is 9.84 Å². The van der Waals surface area contributed by atoms with Crippen LogP contribution in [-0.4, -0.2) is 31.9 Å². The van der Waals surface area contributed by atoms with Crippen LogP contribution >= 0.6 is 0 Å². The molecule has 1 aromatic carbocycles. The van der Waals surface area contributed by atoms with Gasteiger partial charge in [-0.15, -0.1) is 0 Å². The van der Waals surface area contributed by atoms with Gasteiger partial charge in [-0.25, -0.2) is 0 Å². The van der Waals surface area contributed by atoms with Gasteiger partial charge in [0.15, 0.2) is 0 Å². The Morgan fingerprint density at radius 1 is 1.41 bits per heavy atom. The lowest BCUT2D eigenvalue weighted by atomic mass is 10.0. The number of benzene rings is 1. The fourth-order valence-electron chi connectivity index (χ4n) is 1.75. The number of nitrogens with one attached hydrogen (secondary N) is 1. The van der Waals surface area contributed by atoms with E-state index < -0.39 is 0 Å². The summed E-state index contributed by atoms with van der Waals surface area (Å²) in [6, 6.07) is 7.50. The maximum atomic E-state index is 9.35. The van der Waals surface area contributed by atoms with E-state index in [0.717, 1.165) is 32.5 Å². The second-order valence-corrected chi connectivity index (χ2v) is 4.51. The third-order valence-electron chi connectivity index (χ3n) is 2.81. The summed E-state index contributed by atoms with van der Waals surface area (Å²) < 4.78 is 4.98. The molecule has 0 spiro atoms. The first-order valence-corrected chi connectivity index (χ1v) is 6.20. The summed E-state index contributed by atoms with van der Waals surface area (Å²) in [6.45, 7) is 4.93. The number of phenolic OH excluding ortho intramolecular Hbond substituents is 1. The quantitative estimate of drug-likeness (QED) is 0.681. The standard InChI is InChI=1S/C14H23NO2/c1-12(11-15-8-9-17-2)6-7-13-4-3-5-14(16)10-13/h3-5,10,12,15-16H,6-9,11H2,1-2H3. The van der Waals surface area contributed by atoms with Gasteiger partial charge in [0.05, 0.1) is 6.61 Å². The third kappa shape index (κ3) is 6.29. The van der Waals surface area contributed by atoms with E-state index in [2.05, 4.69) is 18.3 Å². The number of methoxy groups -OCH3 is 1. The normalized spacial score (nSPS) is 12.6. The molecule has 0 saturated carbocycles. The van der Waals surface area contributed by atoms with Crippen molar-refractivity contribution >= 4 is 0 Å². The molecule has 1 atom stereocenters. The van der Waals surface area contributed by atoms with E-state index in [0.29, 0.717) is 11.7 Å². The fourth-order valence-corrected chi connectivity index (χ4v) is 1.75. The summed E-state index contributed by atoms with van der Waals surface area (Å²) in [4.78, 5) is 0. The third-order valence-corrected chi connectivity index (χ3v) is 2.81. The van der Waals surface area contributed by atoms with Crippen molar-refractivity contribution in [2.75, 3.05) is 26.8 Å². The van der Waals surface area contributed by atoms with Crippen molar-refractivity contribution in [2.45, 2.75) is 19.8 Å². The summed E-state index contributed by atoms with van der Waals surface area (Å²) in [6.07, 6.45) is 2.14. The zero-order chi connectivity index (χ0) is 12.5. The molecule has 0 aliphatic carbocycles. The van der Waals surface area contributed by atoms with Crippen molar-refractivity contribution in [1.29, 1.82) is 0 Å². The molecule has 3 nitrogen and oxygen atoms in total. The van der Waals surface area contributed by atoms with Crippen LogP contribution in [0.2, 0.25) is 0 Å². The first-order valence-electron chi connectivity index (χ1n) is 6.20. The number of ether oxygens (including phenoxy) is 1. The predicted octanol–water partition coefficient (Wildman–Crippen LogP) is 2.20. The van der Waals surface area contributed by atoms with E-state index in [4.69, 9.17) is 4.74 Å². The molecular formula is C14H23NO2. The SMILES string of the molecule is COCCNCC(C)CCc1cccc(O)c1. The van der Waals surface area contributed by atoms with Crippen molar-refractivity contribution in [3.8, 4) is 5.75 Å². The summed E-state index contributed by atoms with van der Waals surface area (Å²) in [5.74, 6) is 0.988. The molecule has 3 heteroatoms. The average molecular weight is 237 g/mol. The van der Waals surface area contributed by atoms with Crippen LogP contribution in [0.4, 0.5) is 0 Å². The van der Waals surface area contributed by atoms with Crippen LogP contribution < -0.4 is 5.32 Å². The lowest BCUT2D eigenvalue weighted by Crippen LogP contribution is -2.25. The number of aryl methyl sites for hydroxylation is 1. The topological polar surface area (TPSA) is 41.5 Å². The highest BCUT2D eigenvalue weighted by atomic mass is 16.5. The average Bonchev–Trinajstić information content (AvgIpc) is 2.32. The Balaban J connectivity index is 2.17. The molecule has 17 heavy (non-hydrogen) atoms. The number of rotatable bonds is 8. The predicted molar refractivity (Wildman–Crippen MR) is 70.3 cm³/mol. The maximum Gasteiger partial charge on any atom is 0.115 e. The minimum atomic E-state index is 0.355. The van der Waals surface area contributed by atoms with Gasteiger partial charge in [-0.1, -0.05) is 19.1 Å². The van der Waals surface area contributed by atoms with Crippen molar-refractivity contribution in [3.63, 3.8) is 0 Å². The van der Waals surface area contributed by atoms with E-state index in [1.807, 2.05) is 12.1 Å². The Morgan fingerprint density at radius 2 is 2.24 bits per heavy atom. The fraction of sp³-hybridized carbons (Fsp3) is 0.571. The summed E-state index contributed by atoms with van der Waals surface area (Å²) >= 11 is 0. The number of phenols is 1. The molecule has 0 bridgehead atoms. The molecule has 0 amide bonds. The summed E-state index contributed by atoms with van der Waals surface area (Å²) in [5.41, 5.74) is 1.20. The summed E-state index contributed by atoms with van der Waals surface area (Å²) in [7, 11) is 1.72. The van der Waals surface area contributed by atoms with Gasteiger partial charge in [-0.2, -0.15) is 0 Å². The molecule has 0 radical (unpaired) electrons. The molecule has 96 valence electrons. The van der Waals surface area contributed by atoms with Crippen LogP contribution in [-0.2, 0) is 11.2 Å². The first-order chi connectivity index (χ1) is 8.22. The molecular weight excluding hydrogens is 214 g/mol. The lowest BCUT2D eigenvalue weighted by Gasteiger charge is -2.12. The molecule has 0 fully saturated rings. The largest absolute Gasteiger partial charge is 0.508 e. The number of hydrogen-bond acceptors (Lipinski definition) is 3. The van der Waals surface area contributed by atoms with Gasteiger partial charge in [-0.05, 0) is 43.0 Å².